The molecular formula is C69H61BN2OS. The van der Waals surface area contributed by atoms with Crippen molar-refractivity contribution >= 4 is 78.2 Å². The van der Waals surface area contributed by atoms with Crippen molar-refractivity contribution in [3.63, 3.8) is 0 Å². The lowest BCUT2D eigenvalue weighted by Crippen LogP contribution is -2.62. The third kappa shape index (κ3) is 5.51. The molecule has 15 rings (SSSR count). The normalized spacial score (nSPS) is 18.6. The van der Waals surface area contributed by atoms with Crippen molar-refractivity contribution in [2.75, 3.05) is 9.71 Å². The van der Waals surface area contributed by atoms with E-state index in [0.717, 1.165) is 23.0 Å². The molecule has 0 atom stereocenters. The molecule has 5 aliphatic rings. The first-order valence-electron chi connectivity index (χ1n) is 26.8. The third-order valence-corrected chi connectivity index (χ3v) is 22.6. The average molecular weight is 977 g/mol. The van der Waals surface area contributed by atoms with E-state index in [1.54, 1.807) is 0 Å². The van der Waals surface area contributed by atoms with Gasteiger partial charge in [0.25, 0.3) is 0 Å². The maximum absolute atomic E-state index is 7.18. The molecule has 2 aliphatic carbocycles. The molecule has 10 aromatic rings. The van der Waals surface area contributed by atoms with Crippen LogP contribution in [0.2, 0.25) is 0 Å². The molecule has 0 unspecified atom stereocenters. The largest absolute Gasteiger partial charge is 0.456 e. The second-order valence-corrected chi connectivity index (χ2v) is 27.4. The van der Waals surface area contributed by atoms with E-state index in [1.165, 1.54) is 121 Å². The van der Waals surface area contributed by atoms with Gasteiger partial charge in [0, 0.05) is 75.6 Å². The fourth-order valence-corrected chi connectivity index (χ4v) is 19.0. The molecular weight excluding hydrogens is 916 g/mol. The van der Waals surface area contributed by atoms with Gasteiger partial charge in [-0.2, -0.15) is 0 Å². The van der Waals surface area contributed by atoms with Crippen LogP contribution < -0.4 is 20.6 Å². The molecule has 3 nitrogen and oxygen atoms in total. The van der Waals surface area contributed by atoms with Gasteiger partial charge in [-0.05, 0) is 147 Å². The van der Waals surface area contributed by atoms with Crippen LogP contribution >= 0.6 is 10.0 Å². The zero-order valence-electron chi connectivity index (χ0n) is 44.0. The van der Waals surface area contributed by atoms with E-state index in [0.29, 0.717) is 0 Å². The number of anilines is 5. The zero-order valence-corrected chi connectivity index (χ0v) is 44.8. The minimum absolute atomic E-state index is 0.0152. The van der Waals surface area contributed by atoms with Crippen LogP contribution in [0.25, 0.3) is 33.1 Å². The number of aryl methyl sites for hydroxylation is 1. The molecule has 3 aliphatic heterocycles. The Labute approximate surface area is 438 Å². The van der Waals surface area contributed by atoms with Gasteiger partial charge in [-0.15, -0.1) is 10.0 Å². The van der Waals surface area contributed by atoms with E-state index in [1.807, 2.05) is 0 Å². The summed E-state index contributed by atoms with van der Waals surface area (Å²) in [5, 5.41) is 2.35. The average Bonchev–Trinajstić information content (AvgIpc) is 3.85. The first kappa shape index (κ1) is 44.3. The lowest BCUT2D eigenvalue weighted by atomic mass is 9.42. The van der Waals surface area contributed by atoms with Crippen molar-refractivity contribution in [3.05, 3.63) is 221 Å². The Hall–Kier alpha value is -7.21. The zero-order chi connectivity index (χ0) is 50.4. The van der Waals surface area contributed by atoms with Gasteiger partial charge in [-0.1, -0.05) is 171 Å². The Balaban J connectivity index is 1.15. The van der Waals surface area contributed by atoms with Crippen molar-refractivity contribution in [2.24, 2.45) is 0 Å². The van der Waals surface area contributed by atoms with Gasteiger partial charge < -0.3 is 14.1 Å². The summed E-state index contributed by atoms with van der Waals surface area (Å²) >= 11 is 0. The summed E-state index contributed by atoms with van der Waals surface area (Å²) in [6.45, 7) is 21.9. The van der Waals surface area contributed by atoms with Crippen molar-refractivity contribution in [1.29, 1.82) is 0 Å². The molecule has 0 fully saturated rings. The fraction of sp³-hybridized carbons (Fsp3) is 0.217. The van der Waals surface area contributed by atoms with E-state index in [9.17, 15) is 0 Å². The van der Waals surface area contributed by atoms with Crippen LogP contribution in [0, 0.1) is 6.92 Å². The number of hydrogen-bond acceptors (Lipinski definition) is 3. The summed E-state index contributed by atoms with van der Waals surface area (Å²) < 4.78 is 7.18. The highest BCUT2D eigenvalue weighted by Gasteiger charge is 2.54. The molecule has 0 N–H and O–H groups in total. The van der Waals surface area contributed by atoms with Crippen LogP contribution in [0.1, 0.15) is 107 Å². The van der Waals surface area contributed by atoms with E-state index in [-0.39, 0.29) is 28.5 Å². The van der Waals surface area contributed by atoms with Crippen LogP contribution in [0.15, 0.2) is 206 Å². The van der Waals surface area contributed by atoms with Crippen molar-refractivity contribution in [3.8, 4) is 11.1 Å². The Morgan fingerprint density at radius 2 is 1.04 bits per heavy atom. The third-order valence-electron chi connectivity index (χ3n) is 18.7. The molecule has 362 valence electrons. The Morgan fingerprint density at radius 3 is 1.73 bits per heavy atom. The molecule has 0 saturated carbocycles. The lowest BCUT2D eigenvalue weighted by molar-refractivity contribution is 0.332. The first-order chi connectivity index (χ1) is 35.6. The summed E-state index contributed by atoms with van der Waals surface area (Å²) in [5.74, 6) is 0. The summed E-state index contributed by atoms with van der Waals surface area (Å²) in [4.78, 5) is 10.9. The Morgan fingerprint density at radius 1 is 0.473 bits per heavy atom. The predicted octanol–water partition coefficient (Wildman–Crippen LogP) is 17.6. The number of fused-ring (bicyclic) bond motifs is 13. The standard InChI is InChI=1S/C69H61BN2OS/c1-42-37-49-50(67(4,5)36-35-66(49,2)3)39-55(42)71-56-40-52-51(68(6,7)47-29-17-18-30-48(47)69(52,8)9)38-53(56)70-64-57(71)41-59-62(45-27-16-20-32-58(45)73-59)63(64)46-28-22-34-61-65(46)72(70)54-31-19-21-33-60(54)74(61,43-23-12-10-13-24-43)44-25-14-11-15-26-44/h10-34,37-41H,35-36H2,1-9H3. The maximum atomic E-state index is 7.18. The molecule has 0 bridgehead atoms. The number of nitrogens with zero attached hydrogens (tertiary/aromatic N) is 2. The van der Waals surface area contributed by atoms with E-state index < -0.39 is 10.0 Å². The molecule has 74 heavy (non-hydrogen) atoms. The number of benzene rings is 9. The first-order valence-corrected chi connectivity index (χ1v) is 28.5. The molecule has 0 saturated heterocycles. The van der Waals surface area contributed by atoms with E-state index in [2.05, 4.69) is 254 Å². The monoisotopic (exact) mass is 976 g/mol. The maximum Gasteiger partial charge on any atom is 0.333 e. The molecule has 0 amide bonds. The second kappa shape index (κ2) is 14.8. The van der Waals surface area contributed by atoms with Gasteiger partial charge in [0.2, 0.25) is 0 Å². The van der Waals surface area contributed by atoms with Gasteiger partial charge in [-0.3, -0.25) is 0 Å². The second-order valence-electron chi connectivity index (χ2n) is 24.3. The van der Waals surface area contributed by atoms with Crippen LogP contribution in [0.3, 0.4) is 0 Å². The summed E-state index contributed by atoms with van der Waals surface area (Å²) in [7, 11) is -2.04. The van der Waals surface area contributed by atoms with Gasteiger partial charge >= 0.3 is 6.85 Å². The molecule has 0 spiro atoms. The Kier molecular flexibility index (Phi) is 8.84. The van der Waals surface area contributed by atoms with Crippen molar-refractivity contribution in [2.45, 2.75) is 116 Å². The molecule has 5 heteroatoms. The number of rotatable bonds is 3. The van der Waals surface area contributed by atoms with Crippen LogP contribution in [-0.4, -0.2) is 6.85 Å². The molecule has 9 aromatic carbocycles. The highest BCUT2D eigenvalue weighted by molar-refractivity contribution is 8.34. The highest BCUT2D eigenvalue weighted by atomic mass is 32.3. The van der Waals surface area contributed by atoms with Crippen molar-refractivity contribution < 1.29 is 4.42 Å². The SMILES string of the molecule is Cc1cc2c(cc1N1c3cc4c(cc3B3c5c1cc1oc6ccccc6c1c5-c1cccc5c1N3c1ccccc1S5(c1ccccc1)c1ccccc1)C(C)(C)c1ccccc1C4(C)C)C(C)(C)CCC2(C)C. The molecule has 1 aromatic heterocycles. The number of para-hydroxylation sites is 3. The van der Waals surface area contributed by atoms with Crippen molar-refractivity contribution in [1.82, 2.24) is 0 Å². The van der Waals surface area contributed by atoms with Gasteiger partial charge in [0.05, 0.1) is 5.69 Å². The van der Waals surface area contributed by atoms with Crippen LogP contribution in [0.4, 0.5) is 28.4 Å². The van der Waals surface area contributed by atoms with Gasteiger partial charge in [0.15, 0.2) is 0 Å². The number of hydrogen-bond donors (Lipinski definition) is 0. The van der Waals surface area contributed by atoms with Crippen LogP contribution in [-0.2, 0) is 21.7 Å². The van der Waals surface area contributed by atoms with Gasteiger partial charge in [-0.25, -0.2) is 0 Å². The number of furan rings is 1. The minimum Gasteiger partial charge on any atom is -0.456 e. The quantitative estimate of drug-likeness (QED) is 0.165. The lowest BCUT2D eigenvalue weighted by Gasteiger charge is -2.55. The van der Waals surface area contributed by atoms with Crippen LogP contribution in [0.5, 0.6) is 0 Å². The summed E-state index contributed by atoms with van der Waals surface area (Å²) in [6, 6.07) is 70.4. The summed E-state index contributed by atoms with van der Waals surface area (Å²) in [6.07, 6.45) is 2.32. The van der Waals surface area contributed by atoms with Gasteiger partial charge in [0.1, 0.15) is 11.2 Å². The molecule has 0 radical (unpaired) electrons. The van der Waals surface area contributed by atoms with E-state index in [4.69, 9.17) is 4.42 Å². The highest BCUT2D eigenvalue weighted by Crippen LogP contribution is 2.80. The fourth-order valence-electron chi connectivity index (χ4n) is 14.8. The van der Waals surface area contributed by atoms with E-state index >= 15 is 0 Å². The summed E-state index contributed by atoms with van der Waals surface area (Å²) in [5.41, 5.74) is 22.7. The molecule has 4 heterocycles. The smallest absolute Gasteiger partial charge is 0.333 e. The topological polar surface area (TPSA) is 19.6 Å². The predicted molar refractivity (Wildman–Crippen MR) is 312 cm³/mol. The minimum atomic E-state index is -2.04. The Bertz CT molecular complexity index is 4030.